The van der Waals surface area contributed by atoms with Crippen molar-refractivity contribution in [1.82, 2.24) is 0 Å². The van der Waals surface area contributed by atoms with Gasteiger partial charge in [0.15, 0.2) is 11.7 Å². The molecule has 6 heteroatoms. The Morgan fingerprint density at radius 2 is 1.77 bits per heavy atom. The monoisotopic (exact) mass is 308 g/mol. The minimum atomic E-state index is -1.03. The van der Waals surface area contributed by atoms with E-state index in [1.807, 2.05) is 0 Å². The molecule has 0 aliphatic heterocycles. The van der Waals surface area contributed by atoms with Crippen LogP contribution in [0.1, 0.15) is 38.5 Å². The van der Waals surface area contributed by atoms with Gasteiger partial charge < -0.3 is 9.47 Å². The summed E-state index contributed by atoms with van der Waals surface area (Å²) >= 11 is 0. The number of ketones is 2. The van der Waals surface area contributed by atoms with Crippen molar-refractivity contribution < 1.29 is 28.7 Å². The largest absolute Gasteiger partial charge is 0.468 e. The maximum Gasteiger partial charge on any atom is 0.320 e. The van der Waals surface area contributed by atoms with Crippen LogP contribution in [-0.2, 0) is 28.7 Å². The molecule has 2 rings (SSSR count). The molecule has 1 fully saturated rings. The lowest BCUT2D eigenvalue weighted by molar-refractivity contribution is -0.159. The average Bonchev–Trinajstić information content (AvgIpc) is 2.83. The molecule has 1 atom stereocenters. The second kappa shape index (κ2) is 6.42. The molecule has 0 bridgehead atoms. The Bertz CT molecular complexity index is 531. The van der Waals surface area contributed by atoms with E-state index in [0.29, 0.717) is 32.1 Å². The first-order valence-corrected chi connectivity index (χ1v) is 7.37. The van der Waals surface area contributed by atoms with Gasteiger partial charge in [0.1, 0.15) is 5.78 Å². The Balaban J connectivity index is 2.18. The number of allylic oxidation sites excluding steroid dienone is 2. The number of carbonyl (C=O) groups is 4. The van der Waals surface area contributed by atoms with Gasteiger partial charge in [0.2, 0.25) is 0 Å². The number of methoxy groups -OCH3 is 2. The fourth-order valence-corrected chi connectivity index (χ4v) is 3.45. The van der Waals surface area contributed by atoms with Gasteiger partial charge >= 0.3 is 11.9 Å². The minimum Gasteiger partial charge on any atom is -0.468 e. The lowest BCUT2D eigenvalue weighted by atomic mass is 9.69. The SMILES string of the molecule is COC(=O)C(CCC12CCC(=O)C=C1CCC2=O)C(=O)OC. The van der Waals surface area contributed by atoms with Crippen molar-refractivity contribution in [3.8, 4) is 0 Å². The number of hydrogen-bond acceptors (Lipinski definition) is 6. The molecular formula is C16H20O6. The molecule has 0 saturated heterocycles. The fraction of sp³-hybridized carbons (Fsp3) is 0.625. The van der Waals surface area contributed by atoms with Crippen molar-refractivity contribution in [1.29, 1.82) is 0 Å². The maximum absolute atomic E-state index is 12.3. The Kier molecular flexibility index (Phi) is 4.78. The molecule has 2 aliphatic rings. The van der Waals surface area contributed by atoms with E-state index in [0.717, 1.165) is 5.57 Å². The highest BCUT2D eigenvalue weighted by molar-refractivity contribution is 5.99. The molecular weight excluding hydrogens is 288 g/mol. The molecule has 0 heterocycles. The van der Waals surface area contributed by atoms with Gasteiger partial charge in [-0.05, 0) is 31.8 Å². The Morgan fingerprint density at radius 1 is 1.14 bits per heavy atom. The van der Waals surface area contributed by atoms with Crippen molar-refractivity contribution in [3.05, 3.63) is 11.6 Å². The van der Waals surface area contributed by atoms with Gasteiger partial charge in [0, 0.05) is 12.8 Å². The van der Waals surface area contributed by atoms with Crippen LogP contribution in [-0.4, -0.2) is 37.7 Å². The molecule has 120 valence electrons. The Labute approximate surface area is 128 Å². The molecule has 22 heavy (non-hydrogen) atoms. The van der Waals surface area contributed by atoms with E-state index in [2.05, 4.69) is 9.47 Å². The van der Waals surface area contributed by atoms with E-state index >= 15 is 0 Å². The smallest absolute Gasteiger partial charge is 0.320 e. The zero-order valence-corrected chi connectivity index (χ0v) is 12.8. The van der Waals surface area contributed by atoms with E-state index in [1.165, 1.54) is 14.2 Å². The van der Waals surface area contributed by atoms with E-state index < -0.39 is 23.3 Å². The molecule has 2 aliphatic carbocycles. The minimum absolute atomic E-state index is 0.0396. The third-order valence-corrected chi connectivity index (χ3v) is 4.73. The van der Waals surface area contributed by atoms with Crippen LogP contribution < -0.4 is 0 Å². The normalized spacial score (nSPS) is 24.0. The van der Waals surface area contributed by atoms with Gasteiger partial charge in [0.05, 0.1) is 19.6 Å². The van der Waals surface area contributed by atoms with E-state index in [1.54, 1.807) is 6.08 Å². The Morgan fingerprint density at radius 3 is 2.36 bits per heavy atom. The molecule has 0 N–H and O–H groups in total. The summed E-state index contributed by atoms with van der Waals surface area (Å²) in [6.07, 6.45) is 3.91. The van der Waals surface area contributed by atoms with Crippen LogP contribution >= 0.6 is 0 Å². The molecule has 0 aromatic heterocycles. The maximum atomic E-state index is 12.3. The van der Waals surface area contributed by atoms with E-state index in [4.69, 9.17) is 0 Å². The summed E-state index contributed by atoms with van der Waals surface area (Å²) in [5.74, 6) is -2.22. The van der Waals surface area contributed by atoms with Crippen LogP contribution in [0.25, 0.3) is 0 Å². The third kappa shape index (κ3) is 2.82. The number of rotatable bonds is 5. The molecule has 0 spiro atoms. The summed E-state index contributed by atoms with van der Waals surface area (Å²) in [6, 6.07) is 0. The van der Waals surface area contributed by atoms with Crippen molar-refractivity contribution in [2.45, 2.75) is 38.5 Å². The van der Waals surface area contributed by atoms with Gasteiger partial charge in [0.25, 0.3) is 0 Å². The van der Waals surface area contributed by atoms with Crippen LogP contribution in [0.15, 0.2) is 11.6 Å². The lowest BCUT2D eigenvalue weighted by Crippen LogP contribution is -2.34. The highest BCUT2D eigenvalue weighted by Gasteiger charge is 2.48. The van der Waals surface area contributed by atoms with Gasteiger partial charge in [-0.3, -0.25) is 19.2 Å². The number of Topliss-reactive ketones (excluding diaryl/α,β-unsaturated/α-hetero) is 1. The molecule has 0 aromatic carbocycles. The fourth-order valence-electron chi connectivity index (χ4n) is 3.45. The average molecular weight is 308 g/mol. The number of ether oxygens (including phenoxy) is 2. The first kappa shape index (κ1) is 16.4. The van der Waals surface area contributed by atoms with Crippen molar-refractivity contribution >= 4 is 23.5 Å². The van der Waals surface area contributed by atoms with Gasteiger partial charge in [-0.25, -0.2) is 0 Å². The van der Waals surface area contributed by atoms with Gasteiger partial charge in [-0.15, -0.1) is 0 Å². The molecule has 0 radical (unpaired) electrons. The quantitative estimate of drug-likeness (QED) is 0.563. The summed E-state index contributed by atoms with van der Waals surface area (Å²) in [5, 5.41) is 0. The zero-order valence-electron chi connectivity index (χ0n) is 12.8. The molecule has 0 aromatic rings. The molecule has 0 amide bonds. The van der Waals surface area contributed by atoms with Crippen molar-refractivity contribution in [3.63, 3.8) is 0 Å². The topological polar surface area (TPSA) is 86.7 Å². The number of hydrogen-bond donors (Lipinski definition) is 0. The number of carbonyl (C=O) groups excluding carboxylic acids is 4. The predicted octanol–water partition coefficient (Wildman–Crippen LogP) is 1.37. The van der Waals surface area contributed by atoms with Crippen LogP contribution in [0.2, 0.25) is 0 Å². The number of fused-ring (bicyclic) bond motifs is 1. The van der Waals surface area contributed by atoms with Crippen LogP contribution in [0.5, 0.6) is 0 Å². The van der Waals surface area contributed by atoms with Crippen LogP contribution in [0, 0.1) is 11.3 Å². The summed E-state index contributed by atoms with van der Waals surface area (Å²) in [7, 11) is 2.42. The van der Waals surface area contributed by atoms with Crippen LogP contribution in [0.4, 0.5) is 0 Å². The number of esters is 2. The third-order valence-electron chi connectivity index (χ3n) is 4.73. The van der Waals surface area contributed by atoms with Gasteiger partial charge in [-0.1, -0.05) is 5.57 Å². The van der Waals surface area contributed by atoms with Gasteiger partial charge in [-0.2, -0.15) is 0 Å². The van der Waals surface area contributed by atoms with E-state index in [9.17, 15) is 19.2 Å². The van der Waals surface area contributed by atoms with Crippen molar-refractivity contribution in [2.24, 2.45) is 11.3 Å². The lowest BCUT2D eigenvalue weighted by Gasteiger charge is -2.32. The molecule has 1 saturated carbocycles. The van der Waals surface area contributed by atoms with Crippen LogP contribution in [0.3, 0.4) is 0 Å². The predicted molar refractivity (Wildman–Crippen MR) is 75.8 cm³/mol. The second-order valence-corrected chi connectivity index (χ2v) is 5.78. The highest BCUT2D eigenvalue weighted by atomic mass is 16.5. The van der Waals surface area contributed by atoms with Crippen molar-refractivity contribution in [2.75, 3.05) is 14.2 Å². The van der Waals surface area contributed by atoms with E-state index in [-0.39, 0.29) is 18.0 Å². The summed E-state index contributed by atoms with van der Waals surface area (Å²) < 4.78 is 9.27. The first-order valence-electron chi connectivity index (χ1n) is 7.37. The summed E-state index contributed by atoms with van der Waals surface area (Å²) in [4.78, 5) is 47.4. The Hall–Kier alpha value is -1.98. The summed E-state index contributed by atoms with van der Waals surface area (Å²) in [5.41, 5.74) is 0.163. The standard InChI is InChI=1S/C16H20O6/c1-21-14(19)12(15(20)22-2)6-8-16-7-5-11(17)9-10(16)3-4-13(16)18/h9,12H,3-8H2,1-2H3. The molecule has 6 nitrogen and oxygen atoms in total. The molecule has 1 unspecified atom stereocenters. The highest BCUT2D eigenvalue weighted by Crippen LogP contribution is 2.49. The summed E-state index contributed by atoms with van der Waals surface area (Å²) in [6.45, 7) is 0. The second-order valence-electron chi connectivity index (χ2n) is 5.78. The zero-order chi connectivity index (χ0) is 16.3. The first-order chi connectivity index (χ1) is 10.4.